The van der Waals surface area contributed by atoms with Gasteiger partial charge in [0.25, 0.3) is 0 Å². The van der Waals surface area contributed by atoms with E-state index in [1.165, 1.54) is 5.12 Å². The number of hydrogen-bond donors (Lipinski definition) is 2. The van der Waals surface area contributed by atoms with Crippen LogP contribution in [0, 0.1) is 0 Å². The van der Waals surface area contributed by atoms with E-state index in [0.717, 1.165) is 0 Å². The molecule has 0 aliphatic carbocycles. The van der Waals surface area contributed by atoms with Crippen molar-refractivity contribution < 1.29 is 0 Å². The summed E-state index contributed by atoms with van der Waals surface area (Å²) in [6.07, 6.45) is 0. The van der Waals surface area contributed by atoms with Crippen molar-refractivity contribution in [2.75, 3.05) is 21.1 Å². The second kappa shape index (κ2) is 2.92. The second-order valence-electron chi connectivity index (χ2n) is 1.32. The Morgan fingerprint density at radius 2 is 1.86 bits per heavy atom. The van der Waals surface area contributed by atoms with Crippen molar-refractivity contribution >= 4 is 0 Å². The lowest BCUT2D eigenvalue weighted by Gasteiger charge is -2.21. The van der Waals surface area contributed by atoms with Crippen molar-refractivity contribution in [3.8, 4) is 0 Å². The number of nitrogens with one attached hydrogen (secondary N) is 1. The molecule has 0 heterocycles. The van der Waals surface area contributed by atoms with Gasteiger partial charge in [-0.25, -0.2) is 5.43 Å². The van der Waals surface area contributed by atoms with Crippen LogP contribution in [-0.2, 0) is 0 Å². The molecule has 0 atom stereocenters. The molecule has 0 aliphatic rings. The van der Waals surface area contributed by atoms with Crippen molar-refractivity contribution in [2.24, 2.45) is 5.84 Å². The Balaban J connectivity index is 3.14. The summed E-state index contributed by atoms with van der Waals surface area (Å²) in [5.41, 5.74) is 2.80. The molecule has 0 amide bonds. The maximum Gasteiger partial charge on any atom is 0.0190 e. The standard InChI is InChI=1S/C3H12N4/c1-5-7(3)6(2)4/h5H,4H2,1-3H3. The van der Waals surface area contributed by atoms with Crippen LogP contribution in [-0.4, -0.2) is 31.4 Å². The molecule has 0 fully saturated rings. The Labute approximate surface area is 43.8 Å². The molecule has 3 N–H and O–H groups in total. The highest BCUT2D eigenvalue weighted by molar-refractivity contribution is 4.19. The van der Waals surface area contributed by atoms with Crippen LogP contribution < -0.4 is 11.3 Å². The molecule has 0 unspecified atom stereocenters. The Hall–Kier alpha value is -0.160. The highest BCUT2D eigenvalue weighted by atomic mass is 15.9. The van der Waals surface area contributed by atoms with Crippen molar-refractivity contribution in [2.45, 2.75) is 0 Å². The zero-order valence-electron chi connectivity index (χ0n) is 4.97. The van der Waals surface area contributed by atoms with Gasteiger partial charge in [0, 0.05) is 21.1 Å². The molecule has 0 aromatic heterocycles. The Morgan fingerprint density at radius 1 is 1.43 bits per heavy atom. The second-order valence-corrected chi connectivity index (χ2v) is 1.32. The van der Waals surface area contributed by atoms with E-state index in [4.69, 9.17) is 5.84 Å². The predicted molar refractivity (Wildman–Crippen MR) is 28.8 cm³/mol. The molecular weight excluding hydrogens is 92.1 g/mol. The van der Waals surface area contributed by atoms with Crippen LogP contribution in [0.3, 0.4) is 0 Å². The van der Waals surface area contributed by atoms with Gasteiger partial charge in [0.2, 0.25) is 0 Å². The first-order valence-electron chi connectivity index (χ1n) is 2.08. The summed E-state index contributed by atoms with van der Waals surface area (Å²) in [6.45, 7) is 0. The van der Waals surface area contributed by atoms with Gasteiger partial charge < -0.3 is 0 Å². The minimum Gasteiger partial charge on any atom is -0.254 e. The van der Waals surface area contributed by atoms with Crippen molar-refractivity contribution in [3.63, 3.8) is 0 Å². The van der Waals surface area contributed by atoms with Crippen LogP contribution >= 0.6 is 0 Å². The van der Waals surface area contributed by atoms with Gasteiger partial charge in [-0.3, -0.25) is 5.84 Å². The van der Waals surface area contributed by atoms with Crippen LogP contribution in [0.15, 0.2) is 0 Å². The van der Waals surface area contributed by atoms with Crippen LogP contribution in [0.25, 0.3) is 0 Å². The Kier molecular flexibility index (Phi) is 2.86. The fourth-order valence-electron chi connectivity index (χ4n) is 0.158. The highest BCUT2D eigenvalue weighted by Gasteiger charge is 1.91. The minimum atomic E-state index is 1.44. The molecule has 0 saturated heterocycles. The number of rotatable bonds is 2. The zero-order valence-corrected chi connectivity index (χ0v) is 4.97. The molecular formula is C3H12N4. The summed E-state index contributed by atoms with van der Waals surface area (Å²) < 4.78 is 0. The van der Waals surface area contributed by atoms with Gasteiger partial charge in [0.05, 0.1) is 0 Å². The van der Waals surface area contributed by atoms with Gasteiger partial charge in [-0.05, 0) is 0 Å². The molecule has 0 rings (SSSR count). The normalized spacial score (nSPS) is 11.1. The van der Waals surface area contributed by atoms with Crippen LogP contribution in [0.2, 0.25) is 0 Å². The van der Waals surface area contributed by atoms with Crippen molar-refractivity contribution in [1.29, 1.82) is 0 Å². The molecule has 0 bridgehead atoms. The van der Waals surface area contributed by atoms with Gasteiger partial charge in [-0.1, -0.05) is 0 Å². The molecule has 0 radical (unpaired) electrons. The van der Waals surface area contributed by atoms with E-state index in [0.29, 0.717) is 0 Å². The maximum absolute atomic E-state index is 5.24. The Morgan fingerprint density at radius 3 is 1.86 bits per heavy atom. The molecule has 0 aliphatic heterocycles. The molecule has 4 heteroatoms. The highest BCUT2D eigenvalue weighted by Crippen LogP contribution is 1.68. The first-order valence-corrected chi connectivity index (χ1v) is 2.08. The van der Waals surface area contributed by atoms with Crippen molar-refractivity contribution in [1.82, 2.24) is 15.7 Å². The van der Waals surface area contributed by atoms with E-state index in [1.807, 2.05) is 7.05 Å². The smallest absolute Gasteiger partial charge is 0.0190 e. The first kappa shape index (κ1) is 6.84. The molecule has 44 valence electrons. The number of hydrazine groups is 3. The molecule has 0 aromatic carbocycles. The lowest BCUT2D eigenvalue weighted by atomic mass is 11.2. The first-order chi connectivity index (χ1) is 3.18. The molecule has 4 nitrogen and oxygen atoms in total. The maximum atomic E-state index is 5.24. The van der Waals surface area contributed by atoms with E-state index in [9.17, 15) is 0 Å². The summed E-state index contributed by atoms with van der Waals surface area (Å²) in [5, 5.41) is 3.10. The van der Waals surface area contributed by atoms with Gasteiger partial charge in [-0.15, -0.1) is 0 Å². The molecule has 0 aromatic rings. The monoisotopic (exact) mass is 104 g/mol. The van der Waals surface area contributed by atoms with Gasteiger partial charge in [0.1, 0.15) is 0 Å². The number of nitrogens with zero attached hydrogens (tertiary/aromatic N) is 2. The number of nitrogens with two attached hydrogens (primary N) is 1. The average Bonchev–Trinajstić information content (AvgIpc) is 1.65. The third-order valence-electron chi connectivity index (χ3n) is 0.797. The summed E-state index contributed by atoms with van der Waals surface area (Å²) in [4.78, 5) is 0. The van der Waals surface area contributed by atoms with E-state index >= 15 is 0 Å². The SMILES string of the molecule is CNN(C)N(C)N. The quantitative estimate of drug-likeness (QED) is 0.340. The topological polar surface area (TPSA) is 44.5 Å². The fourth-order valence-corrected chi connectivity index (χ4v) is 0.158. The zero-order chi connectivity index (χ0) is 5.86. The van der Waals surface area contributed by atoms with E-state index in [2.05, 4.69) is 5.43 Å². The van der Waals surface area contributed by atoms with Gasteiger partial charge in [0.15, 0.2) is 0 Å². The molecule has 7 heavy (non-hydrogen) atoms. The molecule has 0 spiro atoms. The number of hydrogen-bond acceptors (Lipinski definition) is 4. The third-order valence-corrected chi connectivity index (χ3v) is 0.797. The lowest BCUT2D eigenvalue weighted by Crippen LogP contribution is -2.48. The predicted octanol–water partition coefficient (Wildman–Crippen LogP) is -1.23. The molecule has 0 saturated carbocycles. The Bertz CT molecular complexity index is 44.2. The summed E-state index contributed by atoms with van der Waals surface area (Å²) >= 11 is 0. The van der Waals surface area contributed by atoms with Gasteiger partial charge in [-0.2, -0.15) is 10.2 Å². The van der Waals surface area contributed by atoms with Crippen LogP contribution in [0.4, 0.5) is 0 Å². The fraction of sp³-hybridized carbons (Fsp3) is 1.00. The van der Waals surface area contributed by atoms with E-state index in [-0.39, 0.29) is 0 Å². The summed E-state index contributed by atoms with van der Waals surface area (Å²) in [6, 6.07) is 0. The van der Waals surface area contributed by atoms with Crippen LogP contribution in [0.5, 0.6) is 0 Å². The third kappa shape index (κ3) is 2.52. The van der Waals surface area contributed by atoms with Gasteiger partial charge >= 0.3 is 0 Å². The summed E-state index contributed by atoms with van der Waals surface area (Å²) in [7, 11) is 5.36. The van der Waals surface area contributed by atoms with E-state index in [1.54, 1.807) is 19.2 Å². The van der Waals surface area contributed by atoms with Crippen molar-refractivity contribution in [3.05, 3.63) is 0 Å². The minimum absolute atomic E-state index is 1.44. The largest absolute Gasteiger partial charge is 0.254 e. The summed E-state index contributed by atoms with van der Waals surface area (Å²) in [5.74, 6) is 5.24. The average molecular weight is 104 g/mol. The van der Waals surface area contributed by atoms with Crippen LogP contribution in [0.1, 0.15) is 0 Å². The van der Waals surface area contributed by atoms with E-state index < -0.39 is 0 Å². The lowest BCUT2D eigenvalue weighted by molar-refractivity contribution is -0.0154.